The summed E-state index contributed by atoms with van der Waals surface area (Å²) in [6.07, 6.45) is 0.991. The zero-order chi connectivity index (χ0) is 17.8. The number of benzene rings is 4. The highest BCUT2D eigenvalue weighted by atomic mass is 14.7. The van der Waals surface area contributed by atoms with Gasteiger partial charge in [0.2, 0.25) is 0 Å². The van der Waals surface area contributed by atoms with Gasteiger partial charge in [-0.2, -0.15) is 0 Å². The van der Waals surface area contributed by atoms with Gasteiger partial charge in [-0.1, -0.05) is 84.9 Å². The van der Waals surface area contributed by atoms with Gasteiger partial charge in [0, 0.05) is 16.3 Å². The minimum absolute atomic E-state index is 0.991. The Labute approximate surface area is 157 Å². The molecule has 0 saturated carbocycles. The van der Waals surface area contributed by atoms with Crippen LogP contribution in [-0.2, 0) is 6.42 Å². The average molecular weight is 343 g/mol. The van der Waals surface area contributed by atoms with Gasteiger partial charge >= 0.3 is 0 Å². The molecule has 0 N–H and O–H groups in total. The van der Waals surface area contributed by atoms with E-state index < -0.39 is 0 Å². The van der Waals surface area contributed by atoms with Gasteiger partial charge in [0.05, 0.1) is 11.2 Å². The number of nitrogens with zero attached hydrogens (tertiary/aromatic N) is 1. The van der Waals surface area contributed by atoms with Gasteiger partial charge < -0.3 is 0 Å². The van der Waals surface area contributed by atoms with E-state index in [9.17, 15) is 0 Å². The van der Waals surface area contributed by atoms with Crippen LogP contribution < -0.4 is 0 Å². The minimum Gasteiger partial charge on any atom is -0.247 e. The first kappa shape index (κ1) is 14.7. The molecule has 6 rings (SSSR count). The van der Waals surface area contributed by atoms with Crippen molar-refractivity contribution in [1.29, 1.82) is 0 Å². The van der Waals surface area contributed by atoms with Crippen molar-refractivity contribution >= 4 is 21.7 Å². The van der Waals surface area contributed by atoms with Gasteiger partial charge in [-0.25, -0.2) is 4.98 Å². The molecule has 0 radical (unpaired) electrons. The van der Waals surface area contributed by atoms with E-state index in [1.807, 2.05) is 0 Å². The van der Waals surface area contributed by atoms with Crippen molar-refractivity contribution in [2.45, 2.75) is 6.42 Å². The first-order chi connectivity index (χ1) is 13.4. The van der Waals surface area contributed by atoms with Crippen molar-refractivity contribution < 1.29 is 0 Å². The van der Waals surface area contributed by atoms with Crippen LogP contribution in [0.2, 0.25) is 0 Å². The van der Waals surface area contributed by atoms with E-state index in [1.54, 1.807) is 0 Å². The van der Waals surface area contributed by atoms with Crippen LogP contribution in [0.5, 0.6) is 0 Å². The topological polar surface area (TPSA) is 12.9 Å². The first-order valence-corrected chi connectivity index (χ1v) is 9.38. The molecular weight excluding hydrogens is 326 g/mol. The molecule has 1 aromatic heterocycles. The minimum atomic E-state index is 0.991. The maximum Gasteiger partial charge on any atom is 0.0788 e. The molecule has 0 amide bonds. The molecule has 0 saturated heterocycles. The SMILES string of the molecule is c1ccc(-c2nc3ccccc3c3c4c(ccc23)-c2ccccc2C4)cc1. The summed E-state index contributed by atoms with van der Waals surface area (Å²) >= 11 is 0. The summed E-state index contributed by atoms with van der Waals surface area (Å²) in [6, 6.07) is 32.4. The normalized spacial score (nSPS) is 12.3. The predicted molar refractivity (Wildman–Crippen MR) is 113 cm³/mol. The molecule has 0 aliphatic heterocycles. The number of rotatable bonds is 1. The number of pyridine rings is 1. The lowest BCUT2D eigenvalue weighted by Gasteiger charge is -2.13. The summed E-state index contributed by atoms with van der Waals surface area (Å²) in [4.78, 5) is 5.05. The van der Waals surface area contributed by atoms with Crippen LogP contribution in [0.25, 0.3) is 44.1 Å². The third-order valence-corrected chi connectivity index (χ3v) is 5.70. The molecule has 126 valence electrons. The molecule has 27 heavy (non-hydrogen) atoms. The predicted octanol–water partition coefficient (Wildman–Crippen LogP) is 6.63. The Morgan fingerprint density at radius 3 is 2.30 bits per heavy atom. The number of para-hydroxylation sites is 1. The second-order valence-electron chi connectivity index (χ2n) is 7.19. The van der Waals surface area contributed by atoms with Crippen LogP contribution in [0.15, 0.2) is 91.0 Å². The molecule has 1 heteroatoms. The lowest BCUT2D eigenvalue weighted by molar-refractivity contribution is 1.28. The van der Waals surface area contributed by atoms with Crippen molar-refractivity contribution in [3.05, 3.63) is 102 Å². The van der Waals surface area contributed by atoms with E-state index in [-0.39, 0.29) is 0 Å². The van der Waals surface area contributed by atoms with Crippen LogP contribution >= 0.6 is 0 Å². The zero-order valence-electron chi connectivity index (χ0n) is 14.8. The standard InChI is InChI=1S/C26H17N/c1-2-8-17(9-3-1)26-22-15-14-20-19-11-5-4-10-18(19)16-23(20)25(22)21-12-6-7-13-24(21)27-26/h1-15H,16H2. The van der Waals surface area contributed by atoms with Crippen LogP contribution in [0, 0.1) is 0 Å². The van der Waals surface area contributed by atoms with E-state index in [1.165, 1.54) is 44.0 Å². The van der Waals surface area contributed by atoms with Gasteiger partial charge in [-0.3, -0.25) is 0 Å². The maximum atomic E-state index is 5.05. The van der Waals surface area contributed by atoms with E-state index in [0.29, 0.717) is 0 Å². The van der Waals surface area contributed by atoms with Crippen LogP contribution in [0.4, 0.5) is 0 Å². The second kappa shape index (κ2) is 5.52. The highest BCUT2D eigenvalue weighted by Gasteiger charge is 2.22. The molecule has 1 heterocycles. The Bertz CT molecular complexity index is 1330. The molecule has 5 aromatic rings. The first-order valence-electron chi connectivity index (χ1n) is 9.38. The van der Waals surface area contributed by atoms with E-state index >= 15 is 0 Å². The highest BCUT2D eigenvalue weighted by Crippen LogP contribution is 2.44. The van der Waals surface area contributed by atoms with Crippen molar-refractivity contribution in [2.75, 3.05) is 0 Å². The summed E-state index contributed by atoms with van der Waals surface area (Å²) in [7, 11) is 0. The van der Waals surface area contributed by atoms with Gasteiger partial charge in [-0.05, 0) is 40.1 Å². The molecule has 0 unspecified atom stereocenters. The van der Waals surface area contributed by atoms with E-state index in [4.69, 9.17) is 4.98 Å². The van der Waals surface area contributed by atoms with E-state index in [2.05, 4.69) is 91.0 Å². The summed E-state index contributed by atoms with van der Waals surface area (Å²) in [5, 5.41) is 3.84. The van der Waals surface area contributed by atoms with Gasteiger partial charge in [-0.15, -0.1) is 0 Å². The Kier molecular flexibility index (Phi) is 3.00. The molecule has 1 aliphatic rings. The van der Waals surface area contributed by atoms with E-state index in [0.717, 1.165) is 17.6 Å². The highest BCUT2D eigenvalue weighted by molar-refractivity contribution is 6.14. The Morgan fingerprint density at radius 1 is 0.593 bits per heavy atom. The number of hydrogen-bond donors (Lipinski definition) is 0. The molecule has 0 spiro atoms. The lowest BCUT2D eigenvalue weighted by atomic mass is 9.93. The van der Waals surface area contributed by atoms with Crippen molar-refractivity contribution in [3.8, 4) is 22.4 Å². The van der Waals surface area contributed by atoms with Gasteiger partial charge in [0.25, 0.3) is 0 Å². The lowest BCUT2D eigenvalue weighted by Crippen LogP contribution is -1.93. The molecule has 4 aromatic carbocycles. The number of aromatic nitrogens is 1. The average Bonchev–Trinajstić information content (AvgIpc) is 3.12. The molecule has 1 aliphatic carbocycles. The molecule has 1 nitrogen and oxygen atoms in total. The molecule has 0 bridgehead atoms. The zero-order valence-corrected chi connectivity index (χ0v) is 14.8. The maximum absolute atomic E-state index is 5.05. The largest absolute Gasteiger partial charge is 0.247 e. The summed E-state index contributed by atoms with van der Waals surface area (Å²) in [5.41, 5.74) is 8.90. The third-order valence-electron chi connectivity index (χ3n) is 5.70. The Hall–Kier alpha value is -3.45. The van der Waals surface area contributed by atoms with Crippen LogP contribution in [0.3, 0.4) is 0 Å². The Morgan fingerprint density at radius 2 is 1.37 bits per heavy atom. The molecule has 0 atom stereocenters. The smallest absolute Gasteiger partial charge is 0.0788 e. The fraction of sp³-hybridized carbons (Fsp3) is 0.0385. The van der Waals surface area contributed by atoms with Crippen molar-refractivity contribution in [2.24, 2.45) is 0 Å². The van der Waals surface area contributed by atoms with Gasteiger partial charge in [0.15, 0.2) is 0 Å². The molecule has 0 fully saturated rings. The quantitative estimate of drug-likeness (QED) is 0.305. The van der Waals surface area contributed by atoms with Crippen LogP contribution in [0.1, 0.15) is 11.1 Å². The number of hydrogen-bond acceptors (Lipinski definition) is 1. The summed E-state index contributed by atoms with van der Waals surface area (Å²) in [6.45, 7) is 0. The van der Waals surface area contributed by atoms with Gasteiger partial charge in [0.1, 0.15) is 0 Å². The fourth-order valence-electron chi connectivity index (χ4n) is 4.50. The van der Waals surface area contributed by atoms with Crippen molar-refractivity contribution in [1.82, 2.24) is 4.98 Å². The second-order valence-corrected chi connectivity index (χ2v) is 7.19. The fourth-order valence-corrected chi connectivity index (χ4v) is 4.50. The van der Waals surface area contributed by atoms with Crippen molar-refractivity contribution in [3.63, 3.8) is 0 Å². The monoisotopic (exact) mass is 343 g/mol. The third kappa shape index (κ3) is 2.09. The Balaban J connectivity index is 1.78. The molecular formula is C26H17N. The summed E-state index contributed by atoms with van der Waals surface area (Å²) in [5.74, 6) is 0. The summed E-state index contributed by atoms with van der Waals surface area (Å²) < 4.78 is 0. The van der Waals surface area contributed by atoms with Crippen LogP contribution in [-0.4, -0.2) is 4.98 Å². The number of fused-ring (bicyclic) bond motifs is 7.